The molecule has 2 heterocycles. The van der Waals surface area contributed by atoms with Gasteiger partial charge in [-0.05, 0) is 26.0 Å². The van der Waals surface area contributed by atoms with Crippen molar-refractivity contribution >= 4 is 6.03 Å². The van der Waals surface area contributed by atoms with E-state index in [1.807, 2.05) is 34.9 Å². The molecule has 1 aliphatic heterocycles. The van der Waals surface area contributed by atoms with Crippen LogP contribution < -0.4 is 5.32 Å². The molecule has 2 amide bonds. The fraction of sp³-hybridized carbons (Fsp3) is 0.444. The number of halogens is 3. The van der Waals surface area contributed by atoms with Crippen molar-refractivity contribution in [2.75, 3.05) is 13.2 Å². The summed E-state index contributed by atoms with van der Waals surface area (Å²) in [7, 11) is 0. The van der Waals surface area contributed by atoms with Crippen molar-refractivity contribution in [1.29, 1.82) is 0 Å². The van der Waals surface area contributed by atoms with Crippen molar-refractivity contribution in [2.24, 2.45) is 0 Å². The number of rotatable bonds is 3. The van der Waals surface area contributed by atoms with Gasteiger partial charge in [0.2, 0.25) is 0 Å². The largest absolute Gasteiger partial charge is 0.416 e. The Labute approximate surface area is 154 Å². The Morgan fingerprint density at radius 1 is 1.33 bits per heavy atom. The summed E-state index contributed by atoms with van der Waals surface area (Å²) in [5.41, 5.74) is 0.878. The molecule has 27 heavy (non-hydrogen) atoms. The minimum absolute atomic E-state index is 0.0967. The summed E-state index contributed by atoms with van der Waals surface area (Å²) in [5, 5.41) is 2.75. The van der Waals surface area contributed by atoms with E-state index in [4.69, 9.17) is 4.74 Å². The molecule has 1 unspecified atom stereocenters. The number of hydrogen-bond donors (Lipinski definition) is 1. The molecular formula is C18H21F3N4O2. The summed E-state index contributed by atoms with van der Waals surface area (Å²) in [6, 6.07) is 7.28. The van der Waals surface area contributed by atoms with Gasteiger partial charge in [-0.25, -0.2) is 9.78 Å². The van der Waals surface area contributed by atoms with Crippen molar-refractivity contribution in [3.05, 3.63) is 48.5 Å². The van der Waals surface area contributed by atoms with Crippen molar-refractivity contribution in [1.82, 2.24) is 19.8 Å². The molecule has 146 valence electrons. The Balaban J connectivity index is 1.72. The third-order valence-corrected chi connectivity index (χ3v) is 4.57. The summed E-state index contributed by atoms with van der Waals surface area (Å²) < 4.78 is 45.8. The second-order valence-corrected chi connectivity index (χ2v) is 6.43. The number of ether oxygens (including phenoxy) is 1. The first-order valence-electron chi connectivity index (χ1n) is 8.63. The Hall–Kier alpha value is -2.55. The fourth-order valence-electron chi connectivity index (χ4n) is 3.21. The van der Waals surface area contributed by atoms with E-state index in [1.54, 1.807) is 19.3 Å². The van der Waals surface area contributed by atoms with Crippen LogP contribution in [-0.2, 0) is 4.74 Å². The molecule has 1 fully saturated rings. The van der Waals surface area contributed by atoms with Crippen LogP contribution in [0.2, 0.25) is 0 Å². The number of urea groups is 1. The summed E-state index contributed by atoms with van der Waals surface area (Å²) >= 11 is 0. The van der Waals surface area contributed by atoms with Crippen molar-refractivity contribution < 1.29 is 22.7 Å². The smallest absolute Gasteiger partial charge is 0.365 e. The molecule has 1 aromatic heterocycles. The lowest BCUT2D eigenvalue weighted by molar-refractivity contribution is -0.246. The van der Waals surface area contributed by atoms with Gasteiger partial charge < -0.3 is 19.5 Å². The average molecular weight is 382 g/mol. The number of carbonyl (C=O) groups excluding carboxylic acids is 1. The number of hydrogen-bond acceptors (Lipinski definition) is 3. The maximum Gasteiger partial charge on any atom is 0.416 e. The van der Waals surface area contributed by atoms with Crippen LogP contribution in [0, 0.1) is 0 Å². The highest BCUT2D eigenvalue weighted by atomic mass is 19.4. The van der Waals surface area contributed by atoms with Gasteiger partial charge in [0.15, 0.2) is 6.10 Å². The van der Waals surface area contributed by atoms with Crippen LogP contribution in [0.25, 0.3) is 5.69 Å². The Bertz CT molecular complexity index is 778. The molecule has 2 aromatic rings. The highest BCUT2D eigenvalue weighted by molar-refractivity contribution is 5.75. The van der Waals surface area contributed by atoms with Gasteiger partial charge in [0.25, 0.3) is 0 Å². The van der Waals surface area contributed by atoms with Gasteiger partial charge in [0, 0.05) is 24.6 Å². The summed E-state index contributed by atoms with van der Waals surface area (Å²) in [6.07, 6.45) is -3.13. The number of amides is 2. The molecule has 3 rings (SSSR count). The number of alkyl halides is 3. The van der Waals surface area contributed by atoms with Crippen LogP contribution >= 0.6 is 0 Å². The topological polar surface area (TPSA) is 59.4 Å². The lowest BCUT2D eigenvalue weighted by Gasteiger charge is -2.40. The maximum atomic E-state index is 13.1. The van der Waals surface area contributed by atoms with Gasteiger partial charge >= 0.3 is 12.2 Å². The number of imidazole rings is 1. The van der Waals surface area contributed by atoms with Crippen LogP contribution in [0.1, 0.15) is 25.7 Å². The van der Waals surface area contributed by atoms with Crippen LogP contribution in [0.5, 0.6) is 0 Å². The van der Waals surface area contributed by atoms with E-state index in [0.29, 0.717) is 5.82 Å². The standard InChI is InChI=1S/C18H21F3N4O2/c1-12(16-22-8-9-25(16)14-6-4-3-5-7-14)23-17(26)24-10-11-27-15(13(24)2)18(19,20)21/h3-9,12-13,15H,10-11H2,1-2H3,(H,23,26)/t12?,13-,15-/m0/s1. The number of aromatic nitrogens is 2. The number of morpholine rings is 1. The predicted octanol–water partition coefficient (Wildman–Crippen LogP) is 3.29. The molecule has 0 radical (unpaired) electrons. The molecule has 6 nitrogen and oxygen atoms in total. The monoisotopic (exact) mass is 382 g/mol. The van der Waals surface area contributed by atoms with E-state index in [1.165, 1.54) is 6.92 Å². The zero-order chi connectivity index (χ0) is 19.6. The fourth-order valence-corrected chi connectivity index (χ4v) is 3.21. The molecule has 0 saturated carbocycles. The maximum absolute atomic E-state index is 13.1. The lowest BCUT2D eigenvalue weighted by atomic mass is 10.1. The van der Waals surface area contributed by atoms with Crippen molar-refractivity contribution in [3.63, 3.8) is 0 Å². The average Bonchev–Trinajstić information content (AvgIpc) is 3.11. The van der Waals surface area contributed by atoms with Crippen LogP contribution in [0.4, 0.5) is 18.0 Å². The quantitative estimate of drug-likeness (QED) is 0.886. The van der Waals surface area contributed by atoms with Crippen LogP contribution in [0.15, 0.2) is 42.7 Å². The highest BCUT2D eigenvalue weighted by Gasteiger charge is 2.49. The van der Waals surface area contributed by atoms with Crippen LogP contribution in [0.3, 0.4) is 0 Å². The minimum atomic E-state index is -4.52. The normalized spacial score (nSPS) is 21.7. The number of benzene rings is 1. The third-order valence-electron chi connectivity index (χ3n) is 4.57. The molecule has 1 aromatic carbocycles. The number of nitrogens with zero attached hydrogens (tertiary/aromatic N) is 3. The second-order valence-electron chi connectivity index (χ2n) is 6.43. The lowest BCUT2D eigenvalue weighted by Crippen LogP contribution is -2.59. The van der Waals surface area contributed by atoms with Crippen molar-refractivity contribution in [2.45, 2.75) is 38.2 Å². The number of nitrogens with one attached hydrogen (secondary N) is 1. The first-order chi connectivity index (χ1) is 12.8. The molecule has 1 aliphatic rings. The molecule has 0 spiro atoms. The summed E-state index contributed by atoms with van der Waals surface area (Å²) in [5.74, 6) is 0.586. The zero-order valence-corrected chi connectivity index (χ0v) is 15.0. The van der Waals surface area contributed by atoms with Gasteiger partial charge in [-0.1, -0.05) is 18.2 Å². The van der Waals surface area contributed by atoms with Gasteiger partial charge in [0.05, 0.1) is 18.7 Å². The minimum Gasteiger partial charge on any atom is -0.365 e. The summed E-state index contributed by atoms with van der Waals surface area (Å²) in [4.78, 5) is 18.0. The van der Waals surface area contributed by atoms with E-state index in [9.17, 15) is 18.0 Å². The Morgan fingerprint density at radius 3 is 2.70 bits per heavy atom. The molecule has 1 saturated heterocycles. The first kappa shape index (κ1) is 19.2. The highest BCUT2D eigenvalue weighted by Crippen LogP contribution is 2.30. The molecule has 9 heteroatoms. The van der Waals surface area contributed by atoms with E-state index in [0.717, 1.165) is 10.6 Å². The van der Waals surface area contributed by atoms with Gasteiger partial charge in [-0.15, -0.1) is 0 Å². The molecule has 0 aliphatic carbocycles. The van der Waals surface area contributed by atoms with Crippen LogP contribution in [-0.4, -0.2) is 52.0 Å². The van der Waals surface area contributed by atoms with Gasteiger partial charge in [-0.3, -0.25) is 0 Å². The molecule has 1 N–H and O–H groups in total. The van der Waals surface area contributed by atoms with Gasteiger partial charge in [0.1, 0.15) is 5.82 Å². The SMILES string of the molecule is CC(NC(=O)N1CCO[C@H](C(F)(F)F)[C@@H]1C)c1nccn1-c1ccccc1. The van der Waals surface area contributed by atoms with E-state index in [2.05, 4.69) is 10.3 Å². The zero-order valence-electron chi connectivity index (χ0n) is 15.0. The van der Waals surface area contributed by atoms with E-state index >= 15 is 0 Å². The Kier molecular flexibility index (Phi) is 5.41. The molecule has 3 atom stereocenters. The van der Waals surface area contributed by atoms with E-state index in [-0.39, 0.29) is 13.2 Å². The predicted molar refractivity (Wildman–Crippen MR) is 92.5 cm³/mol. The first-order valence-corrected chi connectivity index (χ1v) is 8.63. The van der Waals surface area contributed by atoms with Crippen molar-refractivity contribution in [3.8, 4) is 5.69 Å². The van der Waals surface area contributed by atoms with E-state index < -0.39 is 30.4 Å². The number of para-hydroxylation sites is 1. The second kappa shape index (κ2) is 7.59. The third kappa shape index (κ3) is 4.08. The molecule has 0 bridgehead atoms. The summed E-state index contributed by atoms with van der Waals surface area (Å²) in [6.45, 7) is 3.02. The molecular weight excluding hydrogens is 361 g/mol. The number of carbonyl (C=O) groups is 1. The Morgan fingerprint density at radius 2 is 2.04 bits per heavy atom. The van der Waals surface area contributed by atoms with Gasteiger partial charge in [-0.2, -0.15) is 13.2 Å².